The second-order valence-electron chi connectivity index (χ2n) is 5.15. The van der Waals surface area contributed by atoms with Crippen LogP contribution in [0.5, 0.6) is 0 Å². The fourth-order valence-corrected chi connectivity index (χ4v) is 2.00. The number of halogens is 6. The number of benzene rings is 1. The zero-order chi connectivity index (χ0) is 20.4. The van der Waals surface area contributed by atoms with Crippen LogP contribution in [0.1, 0.15) is 32.1 Å². The van der Waals surface area contributed by atoms with E-state index in [1.165, 1.54) is 12.1 Å². The van der Waals surface area contributed by atoms with Gasteiger partial charge in [-0.3, -0.25) is 4.79 Å². The number of aromatic nitrogens is 1. The molecule has 1 N–H and O–H groups in total. The summed E-state index contributed by atoms with van der Waals surface area (Å²) in [4.78, 5) is 27.2. The number of amides is 1. The van der Waals surface area contributed by atoms with Crippen molar-refractivity contribution in [2.75, 3.05) is 12.4 Å². The van der Waals surface area contributed by atoms with E-state index in [0.717, 1.165) is 13.2 Å². The minimum atomic E-state index is -5.05. The molecule has 1 aromatic carbocycles. The summed E-state index contributed by atoms with van der Waals surface area (Å²) in [5.41, 5.74) is -4.55. The number of alkyl halides is 6. The Kier molecular flexibility index (Phi) is 5.43. The molecule has 0 aliphatic carbocycles. The van der Waals surface area contributed by atoms with Crippen LogP contribution in [0, 0.1) is 0 Å². The summed E-state index contributed by atoms with van der Waals surface area (Å²) in [6, 6.07) is 4.25. The van der Waals surface area contributed by atoms with Crippen LogP contribution in [0.25, 0.3) is 0 Å². The SMILES string of the molecule is COC(=O)c1cccc(C(=O)Nc2cc(C(F)(F)F)cc(C(F)(F)F)c2)n1. The van der Waals surface area contributed by atoms with Crippen LogP contribution < -0.4 is 5.32 Å². The summed E-state index contributed by atoms with van der Waals surface area (Å²) in [5.74, 6) is -1.98. The number of rotatable bonds is 3. The lowest BCUT2D eigenvalue weighted by molar-refractivity contribution is -0.143. The third-order valence-corrected chi connectivity index (χ3v) is 3.22. The number of hydrogen-bond donors (Lipinski definition) is 1. The quantitative estimate of drug-likeness (QED) is 0.629. The summed E-state index contributed by atoms with van der Waals surface area (Å²) in [6.45, 7) is 0. The Hall–Kier alpha value is -3.11. The Morgan fingerprint density at radius 1 is 0.926 bits per heavy atom. The molecule has 0 aliphatic rings. The highest BCUT2D eigenvalue weighted by molar-refractivity contribution is 6.03. The molecule has 0 fully saturated rings. The van der Waals surface area contributed by atoms with E-state index in [-0.39, 0.29) is 11.8 Å². The minimum Gasteiger partial charge on any atom is -0.464 e. The molecule has 1 heterocycles. The predicted molar refractivity (Wildman–Crippen MR) is 80.0 cm³/mol. The number of nitrogens with one attached hydrogen (secondary N) is 1. The van der Waals surface area contributed by atoms with Crippen molar-refractivity contribution in [3.05, 3.63) is 58.9 Å². The number of anilines is 1. The smallest absolute Gasteiger partial charge is 0.416 e. The number of ether oxygens (including phenoxy) is 1. The first-order valence-corrected chi connectivity index (χ1v) is 7.08. The van der Waals surface area contributed by atoms with Crippen LogP contribution >= 0.6 is 0 Å². The van der Waals surface area contributed by atoms with Crippen molar-refractivity contribution in [1.29, 1.82) is 0 Å². The zero-order valence-corrected chi connectivity index (χ0v) is 13.4. The van der Waals surface area contributed by atoms with E-state index in [1.54, 1.807) is 0 Å². The van der Waals surface area contributed by atoms with Gasteiger partial charge >= 0.3 is 18.3 Å². The Morgan fingerprint density at radius 3 is 1.93 bits per heavy atom. The number of pyridine rings is 1. The van der Waals surface area contributed by atoms with E-state index in [2.05, 4.69) is 9.72 Å². The molecule has 0 saturated carbocycles. The van der Waals surface area contributed by atoms with Crippen LogP contribution in [0.15, 0.2) is 36.4 Å². The fraction of sp³-hybridized carbons (Fsp3) is 0.188. The van der Waals surface area contributed by atoms with Crippen molar-refractivity contribution < 1.29 is 40.7 Å². The highest BCUT2D eigenvalue weighted by atomic mass is 19.4. The van der Waals surface area contributed by atoms with Crippen LogP contribution in [0.3, 0.4) is 0 Å². The van der Waals surface area contributed by atoms with Gasteiger partial charge in [-0.05, 0) is 30.3 Å². The van der Waals surface area contributed by atoms with E-state index < -0.39 is 46.7 Å². The number of carbonyl (C=O) groups is 2. The van der Waals surface area contributed by atoms with Gasteiger partial charge in [0.15, 0.2) is 0 Å². The lowest BCUT2D eigenvalue weighted by Crippen LogP contribution is -2.18. The van der Waals surface area contributed by atoms with E-state index >= 15 is 0 Å². The van der Waals surface area contributed by atoms with Gasteiger partial charge in [-0.1, -0.05) is 6.07 Å². The number of nitrogens with zero attached hydrogens (tertiary/aromatic N) is 1. The molecule has 0 radical (unpaired) electrons. The van der Waals surface area contributed by atoms with Crippen molar-refractivity contribution in [2.24, 2.45) is 0 Å². The highest BCUT2D eigenvalue weighted by Crippen LogP contribution is 2.37. The number of esters is 1. The number of hydrogen-bond acceptors (Lipinski definition) is 4. The third kappa shape index (κ3) is 4.96. The van der Waals surface area contributed by atoms with Crippen LogP contribution in [-0.4, -0.2) is 24.0 Å². The van der Waals surface area contributed by atoms with Gasteiger partial charge in [0.05, 0.1) is 18.2 Å². The second kappa shape index (κ2) is 7.25. The average Bonchev–Trinajstić information content (AvgIpc) is 2.59. The normalized spacial score (nSPS) is 11.8. The first-order valence-electron chi connectivity index (χ1n) is 7.08. The molecule has 0 saturated heterocycles. The van der Waals surface area contributed by atoms with Crippen molar-refractivity contribution in [3.8, 4) is 0 Å². The average molecular weight is 392 g/mol. The molecule has 1 aromatic heterocycles. The molecule has 1 amide bonds. The maximum atomic E-state index is 12.8. The molecule has 0 aliphatic heterocycles. The van der Waals surface area contributed by atoms with Gasteiger partial charge in [0.2, 0.25) is 0 Å². The van der Waals surface area contributed by atoms with Gasteiger partial charge in [-0.2, -0.15) is 26.3 Å². The first-order chi connectivity index (χ1) is 12.4. The summed E-state index contributed by atoms with van der Waals surface area (Å²) < 4.78 is 81.4. The summed E-state index contributed by atoms with van der Waals surface area (Å²) in [7, 11) is 1.07. The fourth-order valence-electron chi connectivity index (χ4n) is 2.00. The van der Waals surface area contributed by atoms with Gasteiger partial charge < -0.3 is 10.1 Å². The van der Waals surface area contributed by atoms with E-state index in [9.17, 15) is 35.9 Å². The molecule has 0 bridgehead atoms. The number of methoxy groups -OCH3 is 1. The molecule has 0 spiro atoms. The van der Waals surface area contributed by atoms with Gasteiger partial charge in [0.1, 0.15) is 11.4 Å². The van der Waals surface area contributed by atoms with Crippen LogP contribution in [0.2, 0.25) is 0 Å². The monoisotopic (exact) mass is 392 g/mol. The van der Waals surface area contributed by atoms with Gasteiger partial charge in [0.25, 0.3) is 5.91 Å². The summed E-state index contributed by atoms with van der Waals surface area (Å²) >= 11 is 0. The molecular formula is C16H10F6N2O3. The largest absolute Gasteiger partial charge is 0.464 e. The van der Waals surface area contributed by atoms with Crippen molar-refractivity contribution in [1.82, 2.24) is 4.98 Å². The third-order valence-electron chi connectivity index (χ3n) is 3.22. The first kappa shape index (κ1) is 20.2. The number of carbonyl (C=O) groups excluding carboxylic acids is 2. The highest BCUT2D eigenvalue weighted by Gasteiger charge is 2.37. The van der Waals surface area contributed by atoms with Crippen LogP contribution in [0.4, 0.5) is 32.0 Å². The van der Waals surface area contributed by atoms with Crippen molar-refractivity contribution in [3.63, 3.8) is 0 Å². The van der Waals surface area contributed by atoms with Gasteiger partial charge in [-0.15, -0.1) is 0 Å². The maximum Gasteiger partial charge on any atom is 0.416 e. The molecule has 144 valence electrons. The minimum absolute atomic E-state index is 0.0637. The topological polar surface area (TPSA) is 68.3 Å². The Bertz CT molecular complexity index is 845. The molecular weight excluding hydrogens is 382 g/mol. The molecule has 5 nitrogen and oxygen atoms in total. The molecule has 0 atom stereocenters. The van der Waals surface area contributed by atoms with Gasteiger partial charge in [0, 0.05) is 5.69 Å². The molecule has 2 aromatic rings. The lowest BCUT2D eigenvalue weighted by Gasteiger charge is -2.14. The van der Waals surface area contributed by atoms with Crippen LogP contribution in [-0.2, 0) is 17.1 Å². The lowest BCUT2D eigenvalue weighted by atomic mass is 10.1. The Balaban J connectivity index is 2.39. The van der Waals surface area contributed by atoms with E-state index in [0.29, 0.717) is 12.1 Å². The molecule has 27 heavy (non-hydrogen) atoms. The Morgan fingerprint density at radius 2 is 1.44 bits per heavy atom. The summed E-state index contributed by atoms with van der Waals surface area (Å²) in [6.07, 6.45) is -10.1. The van der Waals surface area contributed by atoms with Crippen molar-refractivity contribution in [2.45, 2.75) is 12.4 Å². The van der Waals surface area contributed by atoms with Gasteiger partial charge in [-0.25, -0.2) is 9.78 Å². The van der Waals surface area contributed by atoms with Crippen molar-refractivity contribution >= 4 is 17.6 Å². The molecule has 2 rings (SSSR count). The van der Waals surface area contributed by atoms with E-state index in [1.807, 2.05) is 5.32 Å². The maximum absolute atomic E-state index is 12.8. The summed E-state index contributed by atoms with van der Waals surface area (Å²) in [5, 5.41) is 1.91. The second-order valence-corrected chi connectivity index (χ2v) is 5.15. The van der Waals surface area contributed by atoms with E-state index in [4.69, 9.17) is 0 Å². The predicted octanol–water partition coefficient (Wildman–Crippen LogP) is 4.16. The Labute approximate surface area is 148 Å². The molecule has 0 unspecified atom stereocenters. The standard InChI is InChI=1S/C16H10F6N2O3/c1-27-14(26)12-4-2-3-11(24-12)13(25)23-10-6-8(15(17,18)19)5-9(7-10)16(20,21)22/h2-7H,1H3,(H,23,25). The zero-order valence-electron chi connectivity index (χ0n) is 13.4. The molecule has 11 heteroatoms.